The molecule has 9 heteroatoms. The van der Waals surface area contributed by atoms with E-state index in [9.17, 15) is 0 Å². The molecule has 156 valence electrons. The highest BCUT2D eigenvalue weighted by Gasteiger charge is 2.19. The SMILES string of the molecule is Cc1cccc(/C=N/Nc2nc(N3CCOCC3)nc3c2ncn3-c2ccccn2)c1. The molecule has 0 radical (unpaired) electrons. The number of benzene rings is 1. The van der Waals surface area contributed by atoms with Crippen LogP contribution in [-0.4, -0.2) is 57.0 Å². The number of rotatable bonds is 5. The molecule has 1 saturated heterocycles. The zero-order chi connectivity index (χ0) is 21.0. The third-order valence-corrected chi connectivity index (χ3v) is 5.00. The van der Waals surface area contributed by atoms with Gasteiger partial charge < -0.3 is 9.64 Å². The lowest BCUT2D eigenvalue weighted by molar-refractivity contribution is 0.122. The second-order valence-corrected chi connectivity index (χ2v) is 7.23. The number of ether oxygens (including phenoxy) is 1. The Morgan fingerprint density at radius 2 is 1.97 bits per heavy atom. The predicted octanol–water partition coefficient (Wildman–Crippen LogP) is 2.80. The first-order valence-corrected chi connectivity index (χ1v) is 10.1. The standard InChI is InChI=1S/C22H22N8O/c1-16-5-4-6-17(13-16)14-25-28-20-19-21(27-22(26-20)29-9-11-31-12-10-29)30(15-24-19)18-7-2-3-8-23-18/h2-8,13-15H,9-12H2,1H3,(H,26,27,28)/b25-14+. The van der Waals surface area contributed by atoms with Crippen molar-refractivity contribution in [2.24, 2.45) is 5.10 Å². The molecule has 1 aromatic carbocycles. The molecule has 0 spiro atoms. The molecule has 5 rings (SSSR count). The van der Waals surface area contributed by atoms with Crippen LogP contribution in [0.2, 0.25) is 0 Å². The Kier molecular flexibility index (Phi) is 5.24. The predicted molar refractivity (Wildman–Crippen MR) is 120 cm³/mol. The fourth-order valence-electron chi connectivity index (χ4n) is 3.45. The van der Waals surface area contributed by atoms with E-state index in [1.165, 1.54) is 5.56 Å². The molecule has 0 atom stereocenters. The first-order valence-electron chi connectivity index (χ1n) is 10.1. The van der Waals surface area contributed by atoms with E-state index in [0.29, 0.717) is 36.1 Å². The summed E-state index contributed by atoms with van der Waals surface area (Å²) in [6.07, 6.45) is 5.22. The van der Waals surface area contributed by atoms with Crippen molar-refractivity contribution in [1.29, 1.82) is 0 Å². The van der Waals surface area contributed by atoms with Crippen LogP contribution in [0.25, 0.3) is 17.0 Å². The Morgan fingerprint density at radius 1 is 1.06 bits per heavy atom. The number of aryl methyl sites for hydroxylation is 1. The van der Waals surface area contributed by atoms with Gasteiger partial charge in [-0.3, -0.25) is 9.99 Å². The molecule has 0 amide bonds. The quantitative estimate of drug-likeness (QED) is 0.396. The van der Waals surface area contributed by atoms with Gasteiger partial charge >= 0.3 is 0 Å². The summed E-state index contributed by atoms with van der Waals surface area (Å²) in [5.41, 5.74) is 6.55. The fraction of sp³-hybridized carbons (Fsp3) is 0.227. The summed E-state index contributed by atoms with van der Waals surface area (Å²) in [4.78, 5) is 20.6. The Labute approximate surface area is 179 Å². The molecular formula is C22H22N8O. The van der Waals surface area contributed by atoms with Crippen LogP contribution in [0.3, 0.4) is 0 Å². The zero-order valence-corrected chi connectivity index (χ0v) is 17.1. The first-order chi connectivity index (χ1) is 15.3. The average Bonchev–Trinajstić information content (AvgIpc) is 3.24. The maximum Gasteiger partial charge on any atom is 0.229 e. The summed E-state index contributed by atoms with van der Waals surface area (Å²) >= 11 is 0. The van der Waals surface area contributed by atoms with Crippen molar-refractivity contribution in [2.45, 2.75) is 6.92 Å². The second kappa shape index (κ2) is 8.49. The van der Waals surface area contributed by atoms with Gasteiger partial charge in [0.1, 0.15) is 12.1 Å². The Bertz CT molecular complexity index is 1210. The van der Waals surface area contributed by atoms with Crippen LogP contribution in [0.15, 0.2) is 60.1 Å². The number of nitrogens with zero attached hydrogens (tertiary/aromatic N) is 7. The minimum Gasteiger partial charge on any atom is -0.378 e. The summed E-state index contributed by atoms with van der Waals surface area (Å²) in [7, 11) is 0. The zero-order valence-electron chi connectivity index (χ0n) is 17.1. The van der Waals surface area contributed by atoms with E-state index in [1.807, 2.05) is 34.9 Å². The molecule has 1 fully saturated rings. The number of hydrogen-bond donors (Lipinski definition) is 1. The second-order valence-electron chi connectivity index (χ2n) is 7.23. The van der Waals surface area contributed by atoms with Crippen molar-refractivity contribution in [3.8, 4) is 5.82 Å². The molecule has 0 saturated carbocycles. The van der Waals surface area contributed by atoms with Crippen LogP contribution in [0.4, 0.5) is 11.8 Å². The van der Waals surface area contributed by atoms with Gasteiger partial charge in [-0.15, -0.1) is 0 Å². The summed E-state index contributed by atoms with van der Waals surface area (Å²) < 4.78 is 7.33. The molecule has 9 nitrogen and oxygen atoms in total. The molecule has 4 aromatic rings. The molecule has 31 heavy (non-hydrogen) atoms. The third kappa shape index (κ3) is 4.08. The molecular weight excluding hydrogens is 392 g/mol. The van der Waals surface area contributed by atoms with Crippen LogP contribution in [0.1, 0.15) is 11.1 Å². The maximum absolute atomic E-state index is 5.48. The highest BCUT2D eigenvalue weighted by molar-refractivity contribution is 5.86. The van der Waals surface area contributed by atoms with Crippen molar-refractivity contribution in [3.05, 3.63) is 66.1 Å². The fourth-order valence-corrected chi connectivity index (χ4v) is 3.45. The summed E-state index contributed by atoms with van der Waals surface area (Å²) in [5, 5.41) is 4.40. The first kappa shape index (κ1) is 19.1. The maximum atomic E-state index is 5.48. The van der Waals surface area contributed by atoms with Crippen molar-refractivity contribution in [2.75, 3.05) is 36.6 Å². The minimum atomic E-state index is 0.546. The molecule has 4 heterocycles. The van der Waals surface area contributed by atoms with Gasteiger partial charge in [0.25, 0.3) is 0 Å². The molecule has 0 unspecified atom stereocenters. The molecule has 0 aliphatic carbocycles. The van der Waals surface area contributed by atoms with E-state index in [0.717, 1.165) is 24.5 Å². The summed E-state index contributed by atoms with van der Waals surface area (Å²) in [6.45, 7) is 4.81. The average molecular weight is 414 g/mol. The highest BCUT2D eigenvalue weighted by atomic mass is 16.5. The highest BCUT2D eigenvalue weighted by Crippen LogP contribution is 2.25. The normalized spacial score (nSPS) is 14.4. The third-order valence-electron chi connectivity index (χ3n) is 5.00. The van der Waals surface area contributed by atoms with Crippen LogP contribution in [0.5, 0.6) is 0 Å². The molecule has 0 bridgehead atoms. The number of hydrazone groups is 1. The summed E-state index contributed by atoms with van der Waals surface area (Å²) in [5.74, 6) is 1.90. The number of imidazole rings is 1. The number of morpholine rings is 1. The van der Waals surface area contributed by atoms with E-state index in [1.54, 1.807) is 18.7 Å². The van der Waals surface area contributed by atoms with Gasteiger partial charge in [-0.1, -0.05) is 35.9 Å². The molecule has 1 N–H and O–H groups in total. The molecule has 1 aliphatic heterocycles. The van der Waals surface area contributed by atoms with Gasteiger partial charge in [0.05, 0.1) is 19.4 Å². The van der Waals surface area contributed by atoms with E-state index in [4.69, 9.17) is 14.7 Å². The topological polar surface area (TPSA) is 93.4 Å². The van der Waals surface area contributed by atoms with Crippen molar-refractivity contribution < 1.29 is 4.74 Å². The van der Waals surface area contributed by atoms with Crippen molar-refractivity contribution >= 4 is 29.1 Å². The van der Waals surface area contributed by atoms with Gasteiger partial charge in [-0.25, -0.2) is 9.97 Å². The van der Waals surface area contributed by atoms with Gasteiger partial charge in [0.15, 0.2) is 17.0 Å². The molecule has 1 aliphatic rings. The van der Waals surface area contributed by atoms with E-state index < -0.39 is 0 Å². The lowest BCUT2D eigenvalue weighted by Gasteiger charge is -2.27. The number of hydrogen-bond acceptors (Lipinski definition) is 8. The smallest absolute Gasteiger partial charge is 0.229 e. The summed E-state index contributed by atoms with van der Waals surface area (Å²) in [6, 6.07) is 13.9. The Hall–Kier alpha value is -3.85. The van der Waals surface area contributed by atoms with Crippen LogP contribution < -0.4 is 10.3 Å². The minimum absolute atomic E-state index is 0.546. The number of pyridine rings is 1. The molecule has 3 aromatic heterocycles. The lowest BCUT2D eigenvalue weighted by Crippen LogP contribution is -2.37. The van der Waals surface area contributed by atoms with Gasteiger partial charge in [-0.05, 0) is 24.6 Å². The van der Waals surface area contributed by atoms with Crippen LogP contribution in [-0.2, 0) is 4.74 Å². The van der Waals surface area contributed by atoms with Crippen molar-refractivity contribution in [3.63, 3.8) is 0 Å². The number of anilines is 2. The van der Waals surface area contributed by atoms with E-state index in [2.05, 4.69) is 44.5 Å². The van der Waals surface area contributed by atoms with Gasteiger partial charge in [-0.2, -0.15) is 15.1 Å². The van der Waals surface area contributed by atoms with Gasteiger partial charge in [0.2, 0.25) is 5.95 Å². The van der Waals surface area contributed by atoms with Crippen LogP contribution in [0, 0.1) is 6.92 Å². The van der Waals surface area contributed by atoms with E-state index in [-0.39, 0.29) is 0 Å². The Morgan fingerprint density at radius 3 is 2.77 bits per heavy atom. The number of fused-ring (bicyclic) bond motifs is 1. The monoisotopic (exact) mass is 414 g/mol. The van der Waals surface area contributed by atoms with Crippen molar-refractivity contribution in [1.82, 2.24) is 24.5 Å². The lowest BCUT2D eigenvalue weighted by atomic mass is 10.2. The number of nitrogens with one attached hydrogen (secondary N) is 1. The van der Waals surface area contributed by atoms with Crippen LogP contribution >= 0.6 is 0 Å². The van der Waals surface area contributed by atoms with Gasteiger partial charge in [0, 0.05) is 19.3 Å². The Balaban J connectivity index is 1.54. The van der Waals surface area contributed by atoms with E-state index >= 15 is 0 Å². The largest absolute Gasteiger partial charge is 0.378 e. The number of aromatic nitrogens is 5.